The minimum absolute atomic E-state index is 0.211. The zero-order chi connectivity index (χ0) is 16.3. The maximum absolute atomic E-state index is 12.0. The zero-order valence-electron chi connectivity index (χ0n) is 10.8. The highest BCUT2D eigenvalue weighted by Crippen LogP contribution is 2.24. The third kappa shape index (κ3) is 3.64. The highest BCUT2D eigenvalue weighted by Gasteiger charge is 2.21. The maximum Gasteiger partial charge on any atom is 0.344 e. The average molecular weight is 367 g/mol. The number of nitrogens with zero attached hydrogens (tertiary/aromatic N) is 2. The Labute approximate surface area is 131 Å². The van der Waals surface area contributed by atoms with E-state index in [2.05, 4.69) is 15.9 Å². The van der Waals surface area contributed by atoms with E-state index in [9.17, 15) is 25.0 Å². The number of carbonyl (C=O) groups is 1. The molecule has 2 rings (SSSR count). The molecule has 9 heteroatoms. The smallest absolute Gasteiger partial charge is 0.344 e. The van der Waals surface area contributed by atoms with Crippen LogP contribution in [0.25, 0.3) is 0 Å². The number of hydrogen-bond donors (Lipinski definition) is 0. The van der Waals surface area contributed by atoms with Crippen LogP contribution in [0, 0.1) is 20.2 Å². The third-order valence-corrected chi connectivity index (χ3v) is 3.11. The number of carbonyl (C=O) groups excluding carboxylic acids is 1. The van der Waals surface area contributed by atoms with Crippen molar-refractivity contribution in [2.45, 2.75) is 0 Å². The second kappa shape index (κ2) is 6.31. The lowest BCUT2D eigenvalue weighted by molar-refractivity contribution is -0.394. The Balaban J connectivity index is 2.34. The van der Waals surface area contributed by atoms with Crippen LogP contribution in [0.1, 0.15) is 10.4 Å². The fraction of sp³-hybridized carbons (Fsp3) is 0. The highest BCUT2D eigenvalue weighted by atomic mass is 79.9. The highest BCUT2D eigenvalue weighted by molar-refractivity contribution is 9.10. The van der Waals surface area contributed by atoms with Gasteiger partial charge in [0.25, 0.3) is 11.4 Å². The first-order valence-corrected chi connectivity index (χ1v) is 6.58. The number of non-ortho nitro benzene ring substituents is 2. The summed E-state index contributed by atoms with van der Waals surface area (Å²) in [5, 5.41) is 21.5. The summed E-state index contributed by atoms with van der Waals surface area (Å²) in [4.78, 5) is 31.9. The van der Waals surface area contributed by atoms with Gasteiger partial charge in [0.15, 0.2) is 0 Å². The number of rotatable bonds is 4. The van der Waals surface area contributed by atoms with Gasteiger partial charge in [-0.1, -0.05) is 15.9 Å². The number of esters is 1. The summed E-state index contributed by atoms with van der Waals surface area (Å²) >= 11 is 3.22. The standard InChI is InChI=1S/C13H7BrN2O6/c14-9-1-3-12(4-2-9)22-13(17)8-5-10(15(18)19)7-11(6-8)16(20)21/h1-7H. The Morgan fingerprint density at radius 2 is 1.45 bits per heavy atom. The molecule has 8 nitrogen and oxygen atoms in total. The molecule has 0 aliphatic heterocycles. The fourth-order valence-electron chi connectivity index (χ4n) is 1.59. The predicted octanol–water partition coefficient (Wildman–Crippen LogP) is 3.48. The normalized spacial score (nSPS) is 10.0. The van der Waals surface area contributed by atoms with Crippen LogP contribution < -0.4 is 4.74 Å². The van der Waals surface area contributed by atoms with E-state index in [1.807, 2.05) is 0 Å². The van der Waals surface area contributed by atoms with Gasteiger partial charge in [0.2, 0.25) is 0 Å². The second-order valence-electron chi connectivity index (χ2n) is 4.10. The van der Waals surface area contributed by atoms with Crippen LogP contribution in [0.5, 0.6) is 5.75 Å². The van der Waals surface area contributed by atoms with Gasteiger partial charge in [0.05, 0.1) is 21.5 Å². The van der Waals surface area contributed by atoms with Crippen molar-refractivity contribution in [1.82, 2.24) is 0 Å². The lowest BCUT2D eigenvalue weighted by atomic mass is 10.2. The van der Waals surface area contributed by atoms with Gasteiger partial charge >= 0.3 is 5.97 Å². The van der Waals surface area contributed by atoms with Gasteiger partial charge in [-0.05, 0) is 24.3 Å². The molecule has 0 saturated carbocycles. The molecule has 0 aliphatic carbocycles. The van der Waals surface area contributed by atoms with Crippen LogP contribution in [-0.2, 0) is 0 Å². The first-order valence-electron chi connectivity index (χ1n) is 5.78. The van der Waals surface area contributed by atoms with E-state index in [1.54, 1.807) is 12.1 Å². The molecule has 2 aromatic rings. The quantitative estimate of drug-likeness (QED) is 0.354. The molecule has 112 valence electrons. The fourth-order valence-corrected chi connectivity index (χ4v) is 1.86. The number of benzene rings is 2. The summed E-state index contributed by atoms with van der Waals surface area (Å²) < 4.78 is 5.80. The summed E-state index contributed by atoms with van der Waals surface area (Å²) in [5.74, 6) is -0.712. The SMILES string of the molecule is O=C(Oc1ccc(Br)cc1)c1cc([N+](=O)[O-])cc([N+](=O)[O-])c1. The average Bonchev–Trinajstić information content (AvgIpc) is 2.49. The van der Waals surface area contributed by atoms with Crippen LogP contribution in [0.15, 0.2) is 46.9 Å². The number of halogens is 1. The Morgan fingerprint density at radius 3 is 1.91 bits per heavy atom. The van der Waals surface area contributed by atoms with Gasteiger partial charge in [0, 0.05) is 16.6 Å². The molecule has 0 aliphatic rings. The van der Waals surface area contributed by atoms with Gasteiger partial charge in [-0.25, -0.2) is 4.79 Å². The van der Waals surface area contributed by atoms with Crippen molar-refractivity contribution in [1.29, 1.82) is 0 Å². The summed E-state index contributed by atoms with van der Waals surface area (Å²) in [7, 11) is 0. The third-order valence-electron chi connectivity index (χ3n) is 2.58. The number of hydrogen-bond acceptors (Lipinski definition) is 6. The Bertz CT molecular complexity index is 727. The minimum atomic E-state index is -0.922. The Morgan fingerprint density at radius 1 is 0.955 bits per heavy atom. The molecule has 0 bridgehead atoms. The van der Waals surface area contributed by atoms with E-state index in [0.29, 0.717) is 0 Å². The monoisotopic (exact) mass is 366 g/mol. The molecule has 0 heterocycles. The molecular formula is C13H7BrN2O6. The van der Waals surface area contributed by atoms with Crippen LogP contribution in [-0.4, -0.2) is 15.8 Å². The Kier molecular flexibility index (Phi) is 4.47. The van der Waals surface area contributed by atoms with Gasteiger partial charge < -0.3 is 4.74 Å². The van der Waals surface area contributed by atoms with Crippen LogP contribution >= 0.6 is 15.9 Å². The van der Waals surface area contributed by atoms with Crippen LogP contribution in [0.2, 0.25) is 0 Å². The van der Waals surface area contributed by atoms with E-state index in [-0.39, 0.29) is 11.3 Å². The lowest BCUT2D eigenvalue weighted by Crippen LogP contribution is -2.09. The molecule has 0 N–H and O–H groups in total. The molecule has 0 saturated heterocycles. The molecular weight excluding hydrogens is 360 g/mol. The maximum atomic E-state index is 12.0. The van der Waals surface area contributed by atoms with Crippen molar-refractivity contribution in [3.63, 3.8) is 0 Å². The van der Waals surface area contributed by atoms with E-state index in [4.69, 9.17) is 4.74 Å². The molecule has 0 spiro atoms. The first-order chi connectivity index (χ1) is 10.4. The molecule has 2 aromatic carbocycles. The summed E-state index contributed by atoms with van der Waals surface area (Å²) in [6.45, 7) is 0. The molecule has 0 atom stereocenters. The molecule has 0 fully saturated rings. The molecule has 0 radical (unpaired) electrons. The van der Waals surface area contributed by atoms with Gasteiger partial charge in [-0.3, -0.25) is 20.2 Å². The molecule has 0 aromatic heterocycles. The summed E-state index contributed by atoms with van der Waals surface area (Å²) in [6.07, 6.45) is 0. The van der Waals surface area contributed by atoms with E-state index < -0.39 is 27.2 Å². The van der Waals surface area contributed by atoms with Gasteiger partial charge in [-0.15, -0.1) is 0 Å². The van der Waals surface area contributed by atoms with E-state index in [1.165, 1.54) is 12.1 Å². The van der Waals surface area contributed by atoms with Crippen LogP contribution in [0.3, 0.4) is 0 Å². The summed E-state index contributed by atoms with van der Waals surface area (Å²) in [5.41, 5.74) is -1.39. The van der Waals surface area contributed by atoms with Crippen molar-refractivity contribution in [3.8, 4) is 5.75 Å². The molecule has 0 unspecified atom stereocenters. The minimum Gasteiger partial charge on any atom is -0.423 e. The molecule has 0 amide bonds. The number of ether oxygens (including phenoxy) is 1. The number of nitro benzene ring substituents is 2. The zero-order valence-corrected chi connectivity index (χ0v) is 12.3. The van der Waals surface area contributed by atoms with Crippen LogP contribution in [0.4, 0.5) is 11.4 Å². The largest absolute Gasteiger partial charge is 0.423 e. The van der Waals surface area contributed by atoms with Crippen molar-refractivity contribution < 1.29 is 19.4 Å². The lowest BCUT2D eigenvalue weighted by Gasteiger charge is -2.04. The van der Waals surface area contributed by atoms with E-state index in [0.717, 1.165) is 22.7 Å². The molecule has 22 heavy (non-hydrogen) atoms. The number of nitro groups is 2. The van der Waals surface area contributed by atoms with Crippen molar-refractivity contribution in [2.75, 3.05) is 0 Å². The van der Waals surface area contributed by atoms with Crippen molar-refractivity contribution in [2.24, 2.45) is 0 Å². The van der Waals surface area contributed by atoms with Gasteiger partial charge in [0.1, 0.15) is 5.75 Å². The topological polar surface area (TPSA) is 113 Å². The van der Waals surface area contributed by atoms with E-state index >= 15 is 0 Å². The summed E-state index contributed by atoms with van der Waals surface area (Å²) in [6, 6.07) is 8.91. The predicted molar refractivity (Wildman–Crippen MR) is 78.9 cm³/mol. The van der Waals surface area contributed by atoms with Crippen molar-refractivity contribution in [3.05, 3.63) is 72.7 Å². The van der Waals surface area contributed by atoms with Gasteiger partial charge in [-0.2, -0.15) is 0 Å². The van der Waals surface area contributed by atoms with Crippen molar-refractivity contribution >= 4 is 33.3 Å². The first kappa shape index (κ1) is 15.6. The Hall–Kier alpha value is -2.81. The second-order valence-corrected chi connectivity index (χ2v) is 5.01.